The number of rotatable bonds is 8. The minimum atomic E-state index is -1.12. The van der Waals surface area contributed by atoms with Crippen LogP contribution in [0.15, 0.2) is 77.7 Å². The van der Waals surface area contributed by atoms with Crippen LogP contribution < -0.4 is 11.0 Å². The van der Waals surface area contributed by atoms with E-state index in [1.165, 1.54) is 27.4 Å². The van der Waals surface area contributed by atoms with Crippen molar-refractivity contribution in [1.82, 2.24) is 39.7 Å². The molecule has 0 spiro atoms. The zero-order valence-corrected chi connectivity index (χ0v) is 23.9. The molecule has 0 radical (unpaired) electrons. The summed E-state index contributed by atoms with van der Waals surface area (Å²) in [5, 5.41) is 15.9. The monoisotopic (exact) mass is 602 g/mol. The van der Waals surface area contributed by atoms with E-state index in [1.807, 2.05) is 48.5 Å². The van der Waals surface area contributed by atoms with Gasteiger partial charge in [0, 0.05) is 19.6 Å². The lowest BCUT2D eigenvalue weighted by atomic mass is 10.0. The zero-order valence-electron chi connectivity index (χ0n) is 23.1. The number of para-hydroxylation sites is 1. The normalized spacial score (nSPS) is 19.1. The number of hydrazine groups is 1. The molecule has 13 nitrogen and oxygen atoms in total. The van der Waals surface area contributed by atoms with Gasteiger partial charge >= 0.3 is 11.7 Å². The Bertz CT molecular complexity index is 1730. The maximum atomic E-state index is 14.1. The number of amides is 4. The summed E-state index contributed by atoms with van der Waals surface area (Å²) < 4.78 is 2.13. The second kappa shape index (κ2) is 11.7. The van der Waals surface area contributed by atoms with E-state index in [2.05, 4.69) is 21.9 Å². The number of aromatic amines is 1. The SMILES string of the molecule is C=CCN1CC(=O)N2[C@@H](Cn3cc(O)[nH]c3=O)C(=O)N(Cc3cccc4scnc34)C[C@@H]2N1C(=O)NCc1ccccc1. The lowest BCUT2D eigenvalue weighted by Gasteiger charge is -2.55. The smallest absolute Gasteiger partial charge is 0.334 e. The number of H-pyrrole nitrogens is 1. The lowest BCUT2D eigenvalue weighted by molar-refractivity contribution is -0.190. The number of nitrogens with one attached hydrogen (secondary N) is 2. The Hall–Kier alpha value is -4.95. The van der Waals surface area contributed by atoms with Gasteiger partial charge in [0.1, 0.15) is 12.2 Å². The van der Waals surface area contributed by atoms with Crippen molar-refractivity contribution in [3.05, 3.63) is 94.5 Å². The van der Waals surface area contributed by atoms with Crippen molar-refractivity contribution in [2.75, 3.05) is 19.6 Å². The zero-order chi connectivity index (χ0) is 30.1. The second-order valence-corrected chi connectivity index (χ2v) is 11.2. The Labute approximate surface area is 250 Å². The second-order valence-electron chi connectivity index (χ2n) is 10.4. The van der Waals surface area contributed by atoms with Crippen LogP contribution in [0.1, 0.15) is 11.1 Å². The third-order valence-electron chi connectivity index (χ3n) is 7.61. The van der Waals surface area contributed by atoms with Gasteiger partial charge in [0.05, 0.1) is 41.6 Å². The van der Waals surface area contributed by atoms with Crippen LogP contribution in [0, 0.1) is 0 Å². The van der Waals surface area contributed by atoms with Gasteiger partial charge in [0.2, 0.25) is 17.7 Å². The highest BCUT2D eigenvalue weighted by Gasteiger charge is 2.51. The molecule has 2 saturated heterocycles. The van der Waals surface area contributed by atoms with Gasteiger partial charge in [-0.05, 0) is 17.2 Å². The van der Waals surface area contributed by atoms with Gasteiger partial charge in [-0.1, -0.05) is 48.5 Å². The first-order valence-corrected chi connectivity index (χ1v) is 14.6. The number of aromatic nitrogens is 3. The highest BCUT2D eigenvalue weighted by atomic mass is 32.1. The van der Waals surface area contributed by atoms with Crippen molar-refractivity contribution in [2.24, 2.45) is 0 Å². The fourth-order valence-electron chi connectivity index (χ4n) is 5.70. The average Bonchev–Trinajstić information content (AvgIpc) is 3.60. The number of urea groups is 1. The fourth-order valence-corrected chi connectivity index (χ4v) is 6.42. The molecule has 14 heteroatoms. The number of aromatic hydroxyl groups is 1. The Morgan fingerprint density at radius 2 is 1.98 bits per heavy atom. The molecule has 2 aliphatic rings. The number of benzene rings is 2. The molecule has 4 amide bonds. The Morgan fingerprint density at radius 1 is 1.16 bits per heavy atom. The standard InChI is InChI=1S/C29H30N8O5S/c1-2-11-35-17-25(39)36-21(14-34-15-23(38)32-29(34)42)27(40)33(13-20-9-6-10-22-26(20)31-18-43-22)16-24(36)37(35)28(41)30-12-19-7-4-3-5-8-19/h2-10,15,18,21,24,38H,1,11-14,16-17H2,(H,30,41)(H,32,42)/t21-,24-/m0/s1. The van der Waals surface area contributed by atoms with E-state index in [-0.39, 0.29) is 57.0 Å². The van der Waals surface area contributed by atoms with E-state index < -0.39 is 23.9 Å². The summed E-state index contributed by atoms with van der Waals surface area (Å²) in [7, 11) is 0. The highest BCUT2D eigenvalue weighted by Crippen LogP contribution is 2.30. The number of carbonyl (C=O) groups excluding carboxylic acids is 3. The van der Waals surface area contributed by atoms with Crippen molar-refractivity contribution >= 4 is 39.4 Å². The molecular formula is C29H30N8O5S. The Kier molecular flexibility index (Phi) is 7.69. The molecule has 2 fully saturated rings. The van der Waals surface area contributed by atoms with Crippen LogP contribution in [-0.2, 0) is 29.2 Å². The minimum Gasteiger partial charge on any atom is -0.493 e. The molecular weight excluding hydrogens is 572 g/mol. The van der Waals surface area contributed by atoms with Crippen LogP contribution in [0.25, 0.3) is 10.2 Å². The third-order valence-corrected chi connectivity index (χ3v) is 8.41. The molecule has 0 unspecified atom stereocenters. The number of carbonyl (C=O) groups is 3. The number of fused-ring (bicyclic) bond motifs is 2. The van der Waals surface area contributed by atoms with E-state index >= 15 is 0 Å². The molecule has 2 atom stereocenters. The van der Waals surface area contributed by atoms with Gasteiger partial charge < -0.3 is 20.2 Å². The number of thiazole rings is 1. The summed E-state index contributed by atoms with van der Waals surface area (Å²) in [6.45, 7) is 4.11. The van der Waals surface area contributed by atoms with Crippen molar-refractivity contribution in [1.29, 1.82) is 0 Å². The molecule has 222 valence electrons. The number of piperazine rings is 1. The highest BCUT2D eigenvalue weighted by molar-refractivity contribution is 7.16. The van der Waals surface area contributed by atoms with E-state index in [0.29, 0.717) is 0 Å². The van der Waals surface area contributed by atoms with Crippen LogP contribution in [0.4, 0.5) is 4.79 Å². The fraction of sp³-hybridized carbons (Fsp3) is 0.276. The average molecular weight is 603 g/mol. The van der Waals surface area contributed by atoms with E-state index in [4.69, 9.17) is 0 Å². The third kappa shape index (κ3) is 5.49. The molecule has 0 aliphatic carbocycles. The molecule has 0 saturated carbocycles. The van der Waals surface area contributed by atoms with Crippen LogP contribution in [0.3, 0.4) is 0 Å². The summed E-state index contributed by atoms with van der Waals surface area (Å²) in [4.78, 5) is 63.8. The molecule has 2 aliphatic heterocycles. The largest absolute Gasteiger partial charge is 0.493 e. The van der Waals surface area contributed by atoms with Crippen LogP contribution in [0.5, 0.6) is 5.88 Å². The Balaban J connectivity index is 1.37. The molecule has 6 rings (SSSR count). The molecule has 4 heterocycles. The van der Waals surface area contributed by atoms with E-state index in [0.717, 1.165) is 25.9 Å². The molecule has 2 aromatic heterocycles. The van der Waals surface area contributed by atoms with Crippen molar-refractivity contribution in [3.63, 3.8) is 0 Å². The van der Waals surface area contributed by atoms with Crippen molar-refractivity contribution < 1.29 is 19.5 Å². The molecule has 3 N–H and O–H groups in total. The summed E-state index contributed by atoms with van der Waals surface area (Å²) in [5.41, 5.74) is 3.61. The Morgan fingerprint density at radius 3 is 2.72 bits per heavy atom. The number of imidazole rings is 1. The van der Waals surface area contributed by atoms with Crippen LogP contribution in [0.2, 0.25) is 0 Å². The topological polar surface area (TPSA) is 147 Å². The van der Waals surface area contributed by atoms with Gasteiger partial charge in [0.15, 0.2) is 0 Å². The van der Waals surface area contributed by atoms with Gasteiger partial charge in [-0.3, -0.25) is 19.1 Å². The molecule has 4 aromatic rings. The minimum absolute atomic E-state index is 0.0291. The lowest BCUT2D eigenvalue weighted by Crippen LogP contribution is -2.76. The van der Waals surface area contributed by atoms with Crippen LogP contribution >= 0.6 is 11.3 Å². The number of hydrogen-bond donors (Lipinski definition) is 3. The molecule has 0 bridgehead atoms. The first-order chi connectivity index (χ1) is 20.8. The first kappa shape index (κ1) is 28.2. The summed E-state index contributed by atoms with van der Waals surface area (Å²) in [5.74, 6) is -1.11. The van der Waals surface area contributed by atoms with Crippen molar-refractivity contribution in [2.45, 2.75) is 31.8 Å². The molecule has 2 aromatic carbocycles. The van der Waals surface area contributed by atoms with Crippen molar-refractivity contribution in [3.8, 4) is 5.88 Å². The summed E-state index contributed by atoms with van der Waals surface area (Å²) >= 11 is 1.49. The number of hydrogen-bond acceptors (Lipinski definition) is 8. The van der Waals surface area contributed by atoms with Gasteiger partial charge in [-0.15, -0.1) is 17.9 Å². The maximum Gasteiger partial charge on any atom is 0.334 e. The maximum absolute atomic E-state index is 14.1. The van der Waals surface area contributed by atoms with Gasteiger partial charge in [0.25, 0.3) is 0 Å². The van der Waals surface area contributed by atoms with Gasteiger partial charge in [-0.25, -0.2) is 24.6 Å². The predicted molar refractivity (Wildman–Crippen MR) is 158 cm³/mol. The molecule has 43 heavy (non-hydrogen) atoms. The van der Waals surface area contributed by atoms with E-state index in [9.17, 15) is 24.3 Å². The number of nitrogens with zero attached hydrogens (tertiary/aromatic N) is 6. The van der Waals surface area contributed by atoms with Gasteiger partial charge in [-0.2, -0.15) is 0 Å². The van der Waals surface area contributed by atoms with Crippen LogP contribution in [-0.4, -0.2) is 89.1 Å². The quantitative estimate of drug-likeness (QED) is 0.260. The first-order valence-electron chi connectivity index (χ1n) is 13.7. The predicted octanol–water partition coefficient (Wildman–Crippen LogP) is 1.69. The summed E-state index contributed by atoms with van der Waals surface area (Å²) in [6.07, 6.45) is 1.91. The summed E-state index contributed by atoms with van der Waals surface area (Å²) in [6, 6.07) is 13.6. The van der Waals surface area contributed by atoms with E-state index in [1.54, 1.807) is 21.5 Å².